The first-order chi connectivity index (χ1) is 13.7. The lowest BCUT2D eigenvalue weighted by atomic mass is 10.0. The van der Waals surface area contributed by atoms with Crippen molar-refractivity contribution in [2.24, 2.45) is 0 Å². The highest BCUT2D eigenvalue weighted by Gasteiger charge is 2.24. The zero-order valence-corrected chi connectivity index (χ0v) is 16.1. The Morgan fingerprint density at radius 3 is 2.18 bits per heavy atom. The van der Waals surface area contributed by atoms with E-state index in [4.69, 9.17) is 4.74 Å². The van der Waals surface area contributed by atoms with Crippen LogP contribution in [0.3, 0.4) is 0 Å². The summed E-state index contributed by atoms with van der Waals surface area (Å²) in [5.74, 6) is 0.866. The predicted molar refractivity (Wildman–Crippen MR) is 113 cm³/mol. The zero-order valence-electron chi connectivity index (χ0n) is 16.1. The Kier molecular flexibility index (Phi) is 4.98. The van der Waals surface area contributed by atoms with Gasteiger partial charge in [-0.2, -0.15) is 0 Å². The van der Waals surface area contributed by atoms with Crippen molar-refractivity contribution in [3.05, 3.63) is 102 Å². The van der Waals surface area contributed by atoms with E-state index in [9.17, 15) is 4.79 Å². The summed E-state index contributed by atoms with van der Waals surface area (Å²) in [5.41, 5.74) is 3.39. The first-order valence-electron chi connectivity index (χ1n) is 9.61. The van der Waals surface area contributed by atoms with Crippen molar-refractivity contribution in [1.29, 1.82) is 0 Å². The van der Waals surface area contributed by atoms with E-state index >= 15 is 0 Å². The van der Waals surface area contributed by atoms with Gasteiger partial charge < -0.3 is 9.30 Å². The van der Waals surface area contributed by atoms with Gasteiger partial charge in [0.2, 0.25) is 0 Å². The second kappa shape index (κ2) is 7.73. The number of hydrogen-bond acceptors (Lipinski definition) is 2. The maximum absolute atomic E-state index is 13.3. The summed E-state index contributed by atoms with van der Waals surface area (Å²) in [6, 6.07) is 27.3. The van der Waals surface area contributed by atoms with E-state index in [0.717, 1.165) is 34.3 Å². The molecule has 0 fully saturated rings. The van der Waals surface area contributed by atoms with E-state index in [-0.39, 0.29) is 12.0 Å². The molecule has 3 heteroatoms. The van der Waals surface area contributed by atoms with E-state index < -0.39 is 0 Å². The van der Waals surface area contributed by atoms with E-state index in [1.54, 1.807) is 0 Å². The Hall–Kier alpha value is -3.33. The van der Waals surface area contributed by atoms with Gasteiger partial charge in [0.1, 0.15) is 5.75 Å². The monoisotopic (exact) mass is 369 g/mol. The van der Waals surface area contributed by atoms with Gasteiger partial charge in [-0.05, 0) is 25.1 Å². The minimum absolute atomic E-state index is 0.0441. The Balaban J connectivity index is 1.85. The molecule has 0 spiro atoms. The summed E-state index contributed by atoms with van der Waals surface area (Å²) < 4.78 is 8.44. The number of benzene rings is 3. The molecule has 0 radical (unpaired) electrons. The van der Waals surface area contributed by atoms with Gasteiger partial charge in [0.05, 0.1) is 11.1 Å². The van der Waals surface area contributed by atoms with Gasteiger partial charge in [-0.1, -0.05) is 73.7 Å². The average Bonchev–Trinajstić information content (AvgIpc) is 3.04. The number of nitrogens with zero attached hydrogens (tertiary/aromatic N) is 1. The van der Waals surface area contributed by atoms with Gasteiger partial charge in [-0.25, -0.2) is 0 Å². The number of aromatic nitrogens is 1. The molecule has 3 aromatic carbocycles. The molecule has 1 unspecified atom stereocenters. The normalized spacial score (nSPS) is 12.1. The van der Waals surface area contributed by atoms with E-state index in [0.29, 0.717) is 5.56 Å². The number of rotatable bonds is 6. The molecule has 0 bridgehead atoms. The molecule has 0 saturated heterocycles. The lowest BCUT2D eigenvalue weighted by molar-refractivity contribution is 0.103. The highest BCUT2D eigenvalue weighted by molar-refractivity contribution is 6.17. The molecule has 28 heavy (non-hydrogen) atoms. The lowest BCUT2D eigenvalue weighted by Gasteiger charge is -2.22. The maximum Gasteiger partial charge on any atom is 0.195 e. The minimum atomic E-state index is -0.190. The predicted octanol–water partition coefficient (Wildman–Crippen LogP) is 6.17. The van der Waals surface area contributed by atoms with Gasteiger partial charge >= 0.3 is 0 Å². The molecule has 4 aromatic rings. The molecule has 0 N–H and O–H groups in total. The lowest BCUT2D eigenvalue weighted by Crippen LogP contribution is -2.17. The van der Waals surface area contributed by atoms with Crippen molar-refractivity contribution in [3.63, 3.8) is 0 Å². The zero-order chi connectivity index (χ0) is 19.5. The smallest absolute Gasteiger partial charge is 0.195 e. The van der Waals surface area contributed by atoms with Crippen molar-refractivity contribution >= 4 is 16.7 Å². The fourth-order valence-corrected chi connectivity index (χ4v) is 3.76. The van der Waals surface area contributed by atoms with Gasteiger partial charge in [0, 0.05) is 23.1 Å². The summed E-state index contributed by atoms with van der Waals surface area (Å²) in [6.45, 7) is 4.10. The molecule has 0 aliphatic rings. The Morgan fingerprint density at radius 1 is 0.893 bits per heavy atom. The van der Waals surface area contributed by atoms with Gasteiger partial charge in [0.15, 0.2) is 12.0 Å². The van der Waals surface area contributed by atoms with Crippen LogP contribution in [0.15, 0.2) is 84.9 Å². The molecule has 0 aliphatic carbocycles. The second-order valence-electron chi connectivity index (χ2n) is 6.84. The third-order valence-corrected chi connectivity index (χ3v) is 5.07. The van der Waals surface area contributed by atoms with Crippen molar-refractivity contribution in [3.8, 4) is 5.75 Å². The average molecular weight is 369 g/mol. The van der Waals surface area contributed by atoms with Crippen molar-refractivity contribution in [2.75, 3.05) is 0 Å². The molecule has 4 rings (SSSR count). The van der Waals surface area contributed by atoms with Gasteiger partial charge in [-0.3, -0.25) is 4.79 Å². The molecule has 0 aliphatic heterocycles. The van der Waals surface area contributed by atoms with Gasteiger partial charge in [0.25, 0.3) is 0 Å². The van der Waals surface area contributed by atoms with Crippen molar-refractivity contribution < 1.29 is 9.53 Å². The van der Waals surface area contributed by atoms with E-state index in [1.165, 1.54) is 0 Å². The molecule has 0 saturated carbocycles. The summed E-state index contributed by atoms with van der Waals surface area (Å²) >= 11 is 0. The summed E-state index contributed by atoms with van der Waals surface area (Å²) in [4.78, 5) is 13.3. The highest BCUT2D eigenvalue weighted by Crippen LogP contribution is 2.33. The molecule has 1 heterocycles. The Bertz CT molecular complexity index is 1100. The van der Waals surface area contributed by atoms with Crippen LogP contribution >= 0.6 is 0 Å². The second-order valence-corrected chi connectivity index (χ2v) is 6.84. The van der Waals surface area contributed by atoms with Crippen LogP contribution in [-0.4, -0.2) is 10.4 Å². The standard InChI is InChI=1S/C25H23NO2/c1-3-23(28-20-14-8-5-9-15-20)26-18(2)24(21-16-10-11-17-22(21)26)25(27)19-12-6-4-7-13-19/h4-17,23H,3H2,1-2H3. The Morgan fingerprint density at radius 2 is 1.50 bits per heavy atom. The third-order valence-electron chi connectivity index (χ3n) is 5.07. The SMILES string of the molecule is CCC(Oc1ccccc1)n1c(C)c(C(=O)c2ccccc2)c2ccccc21. The van der Waals surface area contributed by atoms with Gasteiger partial charge in [-0.15, -0.1) is 0 Å². The summed E-state index contributed by atoms with van der Waals surface area (Å²) in [6.07, 6.45) is 0.595. The Labute approximate surface area is 165 Å². The van der Waals surface area contributed by atoms with E-state index in [2.05, 4.69) is 17.6 Å². The summed E-state index contributed by atoms with van der Waals surface area (Å²) in [7, 11) is 0. The number of ketones is 1. The number of para-hydroxylation sites is 2. The number of fused-ring (bicyclic) bond motifs is 1. The molecule has 3 nitrogen and oxygen atoms in total. The quantitative estimate of drug-likeness (QED) is 0.381. The van der Waals surface area contributed by atoms with Crippen molar-refractivity contribution in [1.82, 2.24) is 4.57 Å². The largest absolute Gasteiger partial charge is 0.470 e. The molecular weight excluding hydrogens is 346 g/mol. The van der Waals surface area contributed by atoms with Crippen LogP contribution in [0.25, 0.3) is 10.9 Å². The molecule has 1 aromatic heterocycles. The van der Waals surface area contributed by atoms with Crippen LogP contribution in [-0.2, 0) is 0 Å². The van der Waals surface area contributed by atoms with E-state index in [1.807, 2.05) is 85.8 Å². The fraction of sp³-hybridized carbons (Fsp3) is 0.160. The number of carbonyl (C=O) groups is 1. The van der Waals surface area contributed by atoms with Crippen LogP contribution < -0.4 is 4.74 Å². The number of ether oxygens (including phenoxy) is 1. The highest BCUT2D eigenvalue weighted by atomic mass is 16.5. The van der Waals surface area contributed by atoms with Crippen molar-refractivity contribution in [2.45, 2.75) is 26.5 Å². The number of hydrogen-bond donors (Lipinski definition) is 0. The minimum Gasteiger partial charge on any atom is -0.470 e. The summed E-state index contributed by atoms with van der Waals surface area (Å²) in [5, 5.41) is 0.962. The first kappa shape index (κ1) is 18.1. The van der Waals surface area contributed by atoms with Crippen LogP contribution in [0.5, 0.6) is 5.75 Å². The number of carbonyl (C=O) groups excluding carboxylic acids is 1. The third kappa shape index (κ3) is 3.20. The first-order valence-corrected chi connectivity index (χ1v) is 9.61. The van der Waals surface area contributed by atoms with Crippen LogP contribution in [0.2, 0.25) is 0 Å². The maximum atomic E-state index is 13.3. The van der Waals surface area contributed by atoms with Crippen LogP contribution in [0.4, 0.5) is 0 Å². The molecule has 140 valence electrons. The van der Waals surface area contributed by atoms with Crippen LogP contribution in [0, 0.1) is 6.92 Å². The van der Waals surface area contributed by atoms with Crippen LogP contribution in [0.1, 0.15) is 41.2 Å². The molecule has 0 amide bonds. The molecular formula is C25H23NO2. The fourth-order valence-electron chi connectivity index (χ4n) is 3.76. The topological polar surface area (TPSA) is 31.2 Å². The molecule has 1 atom stereocenters.